The maximum atomic E-state index is 13.8. The molecule has 4 rings (SSSR count). The van der Waals surface area contributed by atoms with Crippen LogP contribution in [-0.4, -0.2) is 5.11 Å². The highest BCUT2D eigenvalue weighted by Crippen LogP contribution is 2.30. The SMILES string of the molecule is CC(NC(c1ccc(F)cc1)c1cccc(Nc2c(O)c(=O)c2=O)c1)c1cc(F)c(F)c(F)c1. The Balaban J connectivity index is 1.69. The van der Waals surface area contributed by atoms with Crippen molar-refractivity contribution in [2.24, 2.45) is 0 Å². The van der Waals surface area contributed by atoms with Crippen molar-refractivity contribution in [3.8, 4) is 5.75 Å². The van der Waals surface area contributed by atoms with E-state index < -0.39 is 52.0 Å². The van der Waals surface area contributed by atoms with E-state index in [1.54, 1.807) is 31.2 Å². The average Bonchev–Trinajstić information content (AvgIpc) is 2.84. The average molecular weight is 470 g/mol. The zero-order valence-electron chi connectivity index (χ0n) is 17.7. The first-order valence-electron chi connectivity index (χ1n) is 10.2. The summed E-state index contributed by atoms with van der Waals surface area (Å²) in [7, 11) is 0. The first-order valence-corrected chi connectivity index (χ1v) is 10.2. The zero-order chi connectivity index (χ0) is 24.6. The summed E-state index contributed by atoms with van der Waals surface area (Å²) in [5, 5.41) is 15.5. The van der Waals surface area contributed by atoms with Crippen LogP contribution in [0.3, 0.4) is 0 Å². The second-order valence-corrected chi connectivity index (χ2v) is 7.80. The monoisotopic (exact) mass is 470 g/mol. The maximum Gasteiger partial charge on any atom is 0.271 e. The highest BCUT2D eigenvalue weighted by Gasteiger charge is 2.22. The van der Waals surface area contributed by atoms with Crippen molar-refractivity contribution in [2.45, 2.75) is 19.0 Å². The summed E-state index contributed by atoms with van der Waals surface area (Å²) in [5.41, 5.74) is -0.261. The molecule has 9 heteroatoms. The van der Waals surface area contributed by atoms with E-state index in [1.807, 2.05) is 0 Å². The highest BCUT2D eigenvalue weighted by molar-refractivity contribution is 5.69. The number of aromatic hydroxyl groups is 1. The summed E-state index contributed by atoms with van der Waals surface area (Å²) in [4.78, 5) is 22.9. The summed E-state index contributed by atoms with van der Waals surface area (Å²) >= 11 is 0. The maximum absolute atomic E-state index is 13.8. The van der Waals surface area contributed by atoms with Gasteiger partial charge in [-0.15, -0.1) is 0 Å². The van der Waals surface area contributed by atoms with Crippen molar-refractivity contribution >= 4 is 11.4 Å². The molecule has 4 aromatic carbocycles. The van der Waals surface area contributed by atoms with E-state index in [0.717, 1.165) is 12.1 Å². The molecule has 0 aliphatic rings. The smallest absolute Gasteiger partial charge is 0.271 e. The van der Waals surface area contributed by atoms with Gasteiger partial charge in [0.15, 0.2) is 23.2 Å². The lowest BCUT2D eigenvalue weighted by Crippen LogP contribution is -2.32. The van der Waals surface area contributed by atoms with Crippen molar-refractivity contribution in [3.05, 3.63) is 121 Å². The van der Waals surface area contributed by atoms with Crippen molar-refractivity contribution in [3.63, 3.8) is 0 Å². The van der Waals surface area contributed by atoms with Crippen molar-refractivity contribution in [1.82, 2.24) is 5.32 Å². The van der Waals surface area contributed by atoms with Crippen molar-refractivity contribution < 1.29 is 22.7 Å². The van der Waals surface area contributed by atoms with Crippen LogP contribution in [0, 0.1) is 23.3 Å². The minimum Gasteiger partial charge on any atom is -0.502 e. The van der Waals surface area contributed by atoms with E-state index in [-0.39, 0.29) is 11.3 Å². The molecule has 34 heavy (non-hydrogen) atoms. The van der Waals surface area contributed by atoms with Crippen LogP contribution >= 0.6 is 0 Å². The summed E-state index contributed by atoms with van der Waals surface area (Å²) in [6.45, 7) is 1.63. The molecule has 5 nitrogen and oxygen atoms in total. The van der Waals surface area contributed by atoms with Gasteiger partial charge in [-0.1, -0.05) is 24.3 Å². The Labute approximate surface area is 191 Å². The number of hydrogen-bond donors (Lipinski definition) is 3. The first-order chi connectivity index (χ1) is 16.2. The van der Waals surface area contributed by atoms with E-state index in [0.29, 0.717) is 16.8 Å². The van der Waals surface area contributed by atoms with Crippen LogP contribution in [-0.2, 0) is 0 Å². The lowest BCUT2D eigenvalue weighted by molar-refractivity contribution is 0.438. The fourth-order valence-electron chi connectivity index (χ4n) is 3.65. The standard InChI is InChI=1S/C25H18F4N2O3/c1-12(15-10-18(27)20(29)19(28)11-15)30-21(13-5-7-16(26)8-6-13)14-3-2-4-17(9-14)31-22-23(32)25(34)24(22)33/h2-12,21,30-32H,1H3. The molecule has 4 aromatic rings. The third-order valence-corrected chi connectivity index (χ3v) is 5.50. The molecule has 174 valence electrons. The van der Waals surface area contributed by atoms with Gasteiger partial charge >= 0.3 is 0 Å². The van der Waals surface area contributed by atoms with Gasteiger partial charge < -0.3 is 10.4 Å². The van der Waals surface area contributed by atoms with Crippen molar-refractivity contribution in [1.29, 1.82) is 0 Å². The topological polar surface area (TPSA) is 78.4 Å². The predicted octanol–water partition coefficient (Wildman–Crippen LogP) is 4.73. The molecule has 0 aliphatic carbocycles. The minimum absolute atomic E-state index is 0.159. The molecule has 2 unspecified atom stereocenters. The third kappa shape index (κ3) is 4.42. The van der Waals surface area contributed by atoms with Gasteiger partial charge in [0.2, 0.25) is 0 Å². The Bertz CT molecular complexity index is 1410. The Morgan fingerprint density at radius 2 is 1.44 bits per heavy atom. The molecular formula is C25H18F4N2O3. The van der Waals surface area contributed by atoms with Crippen LogP contribution in [0.1, 0.15) is 35.7 Å². The summed E-state index contributed by atoms with van der Waals surface area (Å²) in [6, 6.07) is 12.7. The second kappa shape index (κ2) is 9.11. The Hall–Kier alpha value is -3.98. The molecule has 0 amide bonds. The highest BCUT2D eigenvalue weighted by atomic mass is 19.2. The molecule has 0 aromatic heterocycles. The number of hydrogen-bond acceptors (Lipinski definition) is 5. The molecule has 0 aliphatic heterocycles. The molecule has 0 saturated heterocycles. The molecule has 0 saturated carbocycles. The fraction of sp³-hybridized carbons (Fsp3) is 0.120. The Morgan fingerprint density at radius 3 is 2.06 bits per heavy atom. The van der Waals surface area contributed by atoms with Gasteiger partial charge in [0.25, 0.3) is 10.9 Å². The largest absolute Gasteiger partial charge is 0.502 e. The van der Waals surface area contributed by atoms with Gasteiger partial charge in [-0.25, -0.2) is 17.6 Å². The van der Waals surface area contributed by atoms with Crippen LogP contribution in [0.4, 0.5) is 28.9 Å². The van der Waals surface area contributed by atoms with Gasteiger partial charge in [-0.3, -0.25) is 14.9 Å². The van der Waals surface area contributed by atoms with E-state index in [9.17, 15) is 32.3 Å². The molecule has 2 atom stereocenters. The normalized spacial score (nSPS) is 13.1. The summed E-state index contributed by atoms with van der Waals surface area (Å²) in [6.07, 6.45) is 0. The van der Waals surface area contributed by atoms with E-state index in [1.165, 1.54) is 24.3 Å². The summed E-state index contributed by atoms with van der Waals surface area (Å²) < 4.78 is 54.4. The Morgan fingerprint density at radius 1 is 0.794 bits per heavy atom. The lowest BCUT2D eigenvalue weighted by Gasteiger charge is -2.25. The molecule has 3 N–H and O–H groups in total. The van der Waals surface area contributed by atoms with Crippen LogP contribution in [0.2, 0.25) is 0 Å². The number of nitrogens with one attached hydrogen (secondary N) is 2. The molecule has 0 spiro atoms. The van der Waals surface area contributed by atoms with Gasteiger partial charge in [0.05, 0.1) is 6.04 Å². The van der Waals surface area contributed by atoms with Gasteiger partial charge in [0, 0.05) is 11.7 Å². The van der Waals surface area contributed by atoms with Crippen LogP contribution < -0.4 is 21.5 Å². The number of halogens is 4. The van der Waals surface area contributed by atoms with E-state index >= 15 is 0 Å². The van der Waals surface area contributed by atoms with E-state index in [2.05, 4.69) is 10.6 Å². The van der Waals surface area contributed by atoms with Crippen LogP contribution in [0.5, 0.6) is 5.75 Å². The molecule has 0 radical (unpaired) electrons. The number of rotatable bonds is 7. The van der Waals surface area contributed by atoms with Crippen molar-refractivity contribution in [2.75, 3.05) is 5.32 Å². The Kier molecular flexibility index (Phi) is 6.21. The first kappa shape index (κ1) is 23.2. The minimum atomic E-state index is -1.56. The molecular weight excluding hydrogens is 452 g/mol. The van der Waals surface area contributed by atoms with Crippen LogP contribution in [0.25, 0.3) is 0 Å². The molecule has 0 heterocycles. The zero-order valence-corrected chi connectivity index (χ0v) is 17.7. The van der Waals surface area contributed by atoms with Gasteiger partial charge in [0.1, 0.15) is 11.5 Å². The number of anilines is 2. The summed E-state index contributed by atoms with van der Waals surface area (Å²) in [5.74, 6) is -5.31. The fourth-order valence-corrected chi connectivity index (χ4v) is 3.65. The third-order valence-electron chi connectivity index (χ3n) is 5.50. The van der Waals surface area contributed by atoms with Gasteiger partial charge in [-0.05, 0) is 60.0 Å². The molecule has 0 fully saturated rings. The quantitative estimate of drug-likeness (QED) is 0.207. The lowest BCUT2D eigenvalue weighted by atomic mass is 9.96. The van der Waals surface area contributed by atoms with Crippen LogP contribution in [0.15, 0.2) is 70.3 Å². The van der Waals surface area contributed by atoms with Gasteiger partial charge in [-0.2, -0.15) is 0 Å². The molecule has 0 bridgehead atoms. The second-order valence-electron chi connectivity index (χ2n) is 7.80. The predicted molar refractivity (Wildman–Crippen MR) is 119 cm³/mol. The van der Waals surface area contributed by atoms with E-state index in [4.69, 9.17) is 0 Å². The number of benzene rings is 3.